The van der Waals surface area contributed by atoms with Crippen LogP contribution in [-0.2, 0) is 10.3 Å². The molecule has 17 heavy (non-hydrogen) atoms. The van der Waals surface area contributed by atoms with Gasteiger partial charge in [-0.15, -0.1) is 11.8 Å². The molecule has 4 heteroatoms. The lowest BCUT2D eigenvalue weighted by Crippen LogP contribution is -3.00. The Morgan fingerprint density at radius 2 is 2.18 bits per heavy atom. The first kappa shape index (κ1) is 11.1. The number of hydrogen-bond donors (Lipinski definition) is 1. The number of amides is 1. The van der Waals surface area contributed by atoms with Crippen molar-refractivity contribution in [2.24, 2.45) is 0 Å². The lowest BCUT2D eigenvalue weighted by Gasteiger charge is -2.42. The van der Waals surface area contributed by atoms with Crippen LogP contribution in [0.4, 0.5) is 0 Å². The number of nitrogens with two attached hydrogens (primary N) is 1. The Labute approximate surface area is 106 Å². The number of fused-ring (bicyclic) bond motifs is 1. The van der Waals surface area contributed by atoms with E-state index < -0.39 is 0 Å². The molecule has 2 heterocycles. The Balaban J connectivity index is 1.99. The summed E-state index contributed by atoms with van der Waals surface area (Å²) in [6, 6.07) is 10.5. The molecule has 1 aromatic carbocycles. The van der Waals surface area contributed by atoms with E-state index in [2.05, 4.69) is 41.4 Å². The highest BCUT2D eigenvalue weighted by Gasteiger charge is 2.51. The van der Waals surface area contributed by atoms with Crippen LogP contribution in [0.25, 0.3) is 0 Å². The van der Waals surface area contributed by atoms with Gasteiger partial charge in [0.15, 0.2) is 0 Å². The SMILES string of the molecule is C[C@]1(c2ccccc2)[NH2+]CCN2C(=O)CS[C@@H]21. The van der Waals surface area contributed by atoms with Crippen LogP contribution in [0.2, 0.25) is 0 Å². The monoisotopic (exact) mass is 249 g/mol. The van der Waals surface area contributed by atoms with Crippen molar-refractivity contribution >= 4 is 17.7 Å². The van der Waals surface area contributed by atoms with Gasteiger partial charge in [-0.25, -0.2) is 0 Å². The van der Waals surface area contributed by atoms with Gasteiger partial charge >= 0.3 is 0 Å². The van der Waals surface area contributed by atoms with E-state index in [4.69, 9.17) is 0 Å². The summed E-state index contributed by atoms with van der Waals surface area (Å²) in [7, 11) is 0. The third-order valence-corrected chi connectivity index (χ3v) is 5.29. The highest BCUT2D eigenvalue weighted by Crippen LogP contribution is 2.37. The minimum Gasteiger partial charge on any atom is -0.334 e. The zero-order chi connectivity index (χ0) is 11.9. The fraction of sp³-hybridized carbons (Fsp3) is 0.462. The molecular formula is C13H17N2OS+. The normalized spacial score (nSPS) is 32.6. The molecule has 2 aliphatic rings. The van der Waals surface area contributed by atoms with Crippen LogP contribution < -0.4 is 5.32 Å². The first-order valence-corrected chi connectivity index (χ1v) is 7.08. The Hall–Kier alpha value is -1.000. The lowest BCUT2D eigenvalue weighted by atomic mass is 9.89. The number of carbonyl (C=O) groups is 1. The quantitative estimate of drug-likeness (QED) is 0.781. The molecule has 0 saturated carbocycles. The Kier molecular flexibility index (Phi) is 2.64. The van der Waals surface area contributed by atoms with Crippen LogP contribution in [0.5, 0.6) is 0 Å². The molecular weight excluding hydrogens is 232 g/mol. The number of nitrogens with zero attached hydrogens (tertiary/aromatic N) is 1. The van der Waals surface area contributed by atoms with Crippen LogP contribution in [0.1, 0.15) is 12.5 Å². The van der Waals surface area contributed by atoms with Gasteiger partial charge in [-0.1, -0.05) is 30.3 Å². The van der Waals surface area contributed by atoms with Gasteiger partial charge in [0.25, 0.3) is 0 Å². The predicted octanol–water partition coefficient (Wildman–Crippen LogP) is 0.380. The number of rotatable bonds is 1. The molecule has 90 valence electrons. The summed E-state index contributed by atoms with van der Waals surface area (Å²) in [5.41, 5.74) is 1.31. The van der Waals surface area contributed by atoms with Crippen molar-refractivity contribution in [1.82, 2.24) is 4.90 Å². The number of benzene rings is 1. The summed E-state index contributed by atoms with van der Waals surface area (Å²) in [4.78, 5) is 13.9. The van der Waals surface area contributed by atoms with Gasteiger partial charge < -0.3 is 10.2 Å². The first-order chi connectivity index (χ1) is 8.22. The molecule has 0 radical (unpaired) electrons. The van der Waals surface area contributed by atoms with E-state index >= 15 is 0 Å². The maximum Gasteiger partial charge on any atom is 0.233 e. The molecule has 2 saturated heterocycles. The van der Waals surface area contributed by atoms with Gasteiger partial charge in [-0.05, 0) is 6.92 Å². The van der Waals surface area contributed by atoms with Crippen molar-refractivity contribution in [2.75, 3.05) is 18.8 Å². The Morgan fingerprint density at radius 1 is 1.41 bits per heavy atom. The fourth-order valence-electron chi connectivity index (χ4n) is 2.85. The number of thioether (sulfide) groups is 1. The van der Waals surface area contributed by atoms with E-state index in [0.29, 0.717) is 11.7 Å². The molecule has 0 aromatic heterocycles. The van der Waals surface area contributed by atoms with Crippen molar-refractivity contribution in [3.63, 3.8) is 0 Å². The second-order valence-corrected chi connectivity index (χ2v) is 5.96. The largest absolute Gasteiger partial charge is 0.334 e. The molecule has 2 atom stereocenters. The lowest BCUT2D eigenvalue weighted by molar-refractivity contribution is -0.743. The molecule has 1 amide bonds. The molecule has 2 fully saturated rings. The average molecular weight is 249 g/mol. The molecule has 0 bridgehead atoms. The van der Waals surface area contributed by atoms with Crippen molar-refractivity contribution < 1.29 is 10.1 Å². The van der Waals surface area contributed by atoms with E-state index in [1.54, 1.807) is 11.8 Å². The molecule has 1 aromatic rings. The number of quaternary nitrogens is 1. The summed E-state index contributed by atoms with van der Waals surface area (Å²) in [5.74, 6) is 0.941. The summed E-state index contributed by atoms with van der Waals surface area (Å²) < 4.78 is 0. The van der Waals surface area contributed by atoms with Crippen molar-refractivity contribution in [1.29, 1.82) is 0 Å². The molecule has 3 nitrogen and oxygen atoms in total. The van der Waals surface area contributed by atoms with E-state index in [-0.39, 0.29) is 10.9 Å². The van der Waals surface area contributed by atoms with Crippen LogP contribution in [-0.4, -0.2) is 35.0 Å². The Bertz CT molecular complexity index is 436. The minimum atomic E-state index is -0.00363. The summed E-state index contributed by atoms with van der Waals surface area (Å²) in [6.07, 6.45) is 0. The van der Waals surface area contributed by atoms with Crippen LogP contribution in [0, 0.1) is 0 Å². The average Bonchev–Trinajstić information content (AvgIpc) is 2.74. The van der Waals surface area contributed by atoms with Gasteiger partial charge in [0.2, 0.25) is 5.91 Å². The predicted molar refractivity (Wildman–Crippen MR) is 68.5 cm³/mol. The third-order valence-electron chi connectivity index (χ3n) is 3.82. The van der Waals surface area contributed by atoms with Crippen molar-refractivity contribution in [3.05, 3.63) is 35.9 Å². The summed E-state index contributed by atoms with van der Waals surface area (Å²) in [6.45, 7) is 4.14. The first-order valence-electron chi connectivity index (χ1n) is 6.03. The second-order valence-electron chi connectivity index (χ2n) is 4.89. The van der Waals surface area contributed by atoms with Gasteiger partial charge in [0.05, 0.1) is 18.8 Å². The zero-order valence-corrected chi connectivity index (χ0v) is 10.7. The van der Waals surface area contributed by atoms with Crippen LogP contribution in [0.15, 0.2) is 30.3 Å². The molecule has 2 N–H and O–H groups in total. The molecule has 0 unspecified atom stereocenters. The standard InChI is InChI=1S/C13H16N2OS/c1-13(10-5-3-2-4-6-10)12-15(8-7-14-13)11(16)9-17-12/h2-6,12,14H,7-9H2,1H3/p+1/t12-,13-/m1/s1. The van der Waals surface area contributed by atoms with Gasteiger partial charge in [-0.3, -0.25) is 4.79 Å². The van der Waals surface area contributed by atoms with E-state index in [9.17, 15) is 4.79 Å². The number of carbonyl (C=O) groups excluding carboxylic acids is 1. The number of piperazine rings is 1. The Morgan fingerprint density at radius 3 is 2.94 bits per heavy atom. The van der Waals surface area contributed by atoms with E-state index in [1.807, 2.05) is 6.07 Å². The number of hydrogen-bond acceptors (Lipinski definition) is 2. The molecule has 2 aliphatic heterocycles. The van der Waals surface area contributed by atoms with Crippen molar-refractivity contribution in [2.45, 2.75) is 17.8 Å². The zero-order valence-electron chi connectivity index (χ0n) is 9.93. The van der Waals surface area contributed by atoms with E-state index in [0.717, 1.165) is 13.1 Å². The molecule has 3 rings (SSSR count). The fourth-order valence-corrected chi connectivity index (χ4v) is 4.30. The molecule has 0 aliphatic carbocycles. The second kappa shape index (κ2) is 4.03. The van der Waals surface area contributed by atoms with Crippen LogP contribution in [0.3, 0.4) is 0 Å². The maximum atomic E-state index is 11.8. The summed E-state index contributed by atoms with van der Waals surface area (Å²) >= 11 is 1.78. The smallest absolute Gasteiger partial charge is 0.233 e. The summed E-state index contributed by atoms with van der Waals surface area (Å²) in [5, 5.41) is 2.67. The van der Waals surface area contributed by atoms with Crippen LogP contribution >= 0.6 is 11.8 Å². The van der Waals surface area contributed by atoms with E-state index in [1.165, 1.54) is 5.56 Å². The highest BCUT2D eigenvalue weighted by molar-refractivity contribution is 8.01. The maximum absolute atomic E-state index is 11.8. The topological polar surface area (TPSA) is 36.9 Å². The van der Waals surface area contributed by atoms with Gasteiger partial charge in [0.1, 0.15) is 10.9 Å². The van der Waals surface area contributed by atoms with Gasteiger partial charge in [0, 0.05) is 5.56 Å². The molecule has 0 spiro atoms. The van der Waals surface area contributed by atoms with Crippen molar-refractivity contribution in [3.8, 4) is 0 Å². The minimum absolute atomic E-state index is 0.00363. The highest BCUT2D eigenvalue weighted by atomic mass is 32.2. The third kappa shape index (κ3) is 1.67. The van der Waals surface area contributed by atoms with Gasteiger partial charge in [-0.2, -0.15) is 0 Å².